The summed E-state index contributed by atoms with van der Waals surface area (Å²) in [5, 5.41) is 2.52. The predicted octanol–water partition coefficient (Wildman–Crippen LogP) is 3.05. The number of hydrogen-bond donors (Lipinski definition) is 1. The largest absolute Gasteiger partial charge is 0.459 e. The molecule has 3 rings (SSSR count). The number of likely N-dealkylation sites (tertiary alicyclic amines) is 1. The molecule has 1 aliphatic heterocycles. The maximum atomic E-state index is 13.2. The smallest absolute Gasteiger partial charge is 0.289 e. The summed E-state index contributed by atoms with van der Waals surface area (Å²) in [4.78, 5) is 26.0. The summed E-state index contributed by atoms with van der Waals surface area (Å²) >= 11 is 0. The summed E-state index contributed by atoms with van der Waals surface area (Å²) in [6.07, 6.45) is 2.40. The van der Waals surface area contributed by atoms with E-state index in [-0.39, 0.29) is 29.2 Å². The Labute approximate surface area is 137 Å². The summed E-state index contributed by atoms with van der Waals surface area (Å²) in [5.41, 5.74) is 0.0894. The van der Waals surface area contributed by atoms with Crippen molar-refractivity contribution in [1.29, 1.82) is 0 Å². The van der Waals surface area contributed by atoms with Crippen LogP contribution >= 0.6 is 0 Å². The molecule has 0 aliphatic carbocycles. The van der Waals surface area contributed by atoms with Gasteiger partial charge in [0.25, 0.3) is 5.91 Å². The molecule has 1 aromatic carbocycles. The van der Waals surface area contributed by atoms with Gasteiger partial charge in [-0.25, -0.2) is 8.78 Å². The first-order chi connectivity index (χ1) is 11.5. The lowest BCUT2D eigenvalue weighted by Crippen LogP contribution is -2.41. The molecule has 1 saturated heterocycles. The van der Waals surface area contributed by atoms with E-state index in [1.165, 1.54) is 6.26 Å². The normalized spacial score (nSPS) is 15.3. The van der Waals surface area contributed by atoms with Crippen LogP contribution in [0.3, 0.4) is 0 Å². The quantitative estimate of drug-likeness (QED) is 0.938. The number of carbonyl (C=O) groups excluding carboxylic acids is 2. The molecular weight excluding hydrogens is 318 g/mol. The van der Waals surface area contributed by atoms with Gasteiger partial charge < -0.3 is 14.6 Å². The number of rotatable bonds is 3. The fraction of sp³-hybridized carbons (Fsp3) is 0.294. The minimum Gasteiger partial charge on any atom is -0.459 e. The molecule has 1 aromatic heterocycles. The van der Waals surface area contributed by atoms with Gasteiger partial charge >= 0.3 is 0 Å². The third-order valence-electron chi connectivity index (χ3n) is 4.02. The summed E-state index contributed by atoms with van der Waals surface area (Å²) in [7, 11) is 0. The maximum absolute atomic E-state index is 13.2. The Morgan fingerprint density at radius 1 is 1.12 bits per heavy atom. The maximum Gasteiger partial charge on any atom is 0.289 e. The van der Waals surface area contributed by atoms with Gasteiger partial charge in [0.15, 0.2) is 5.76 Å². The Morgan fingerprint density at radius 2 is 1.79 bits per heavy atom. The number of nitrogens with zero attached hydrogens (tertiary/aromatic N) is 1. The minimum atomic E-state index is -0.746. The van der Waals surface area contributed by atoms with Crippen molar-refractivity contribution in [3.8, 4) is 0 Å². The average molecular weight is 334 g/mol. The summed E-state index contributed by atoms with van der Waals surface area (Å²) in [5.74, 6) is -2.03. The van der Waals surface area contributed by atoms with Gasteiger partial charge in [0.1, 0.15) is 11.6 Å². The van der Waals surface area contributed by atoms with Crippen molar-refractivity contribution in [3.05, 3.63) is 54.0 Å². The molecule has 1 N–H and O–H groups in total. The molecule has 7 heteroatoms. The molecule has 1 aliphatic rings. The van der Waals surface area contributed by atoms with Gasteiger partial charge in [-0.1, -0.05) is 0 Å². The number of hydrogen-bond acceptors (Lipinski definition) is 3. The van der Waals surface area contributed by atoms with Crippen LogP contribution in [0.15, 0.2) is 41.0 Å². The van der Waals surface area contributed by atoms with Gasteiger partial charge in [0, 0.05) is 30.8 Å². The van der Waals surface area contributed by atoms with Crippen molar-refractivity contribution in [2.75, 3.05) is 18.4 Å². The van der Waals surface area contributed by atoms with E-state index in [0.29, 0.717) is 25.9 Å². The van der Waals surface area contributed by atoms with Crippen LogP contribution < -0.4 is 5.32 Å². The lowest BCUT2D eigenvalue weighted by Gasteiger charge is -2.30. The highest BCUT2D eigenvalue weighted by atomic mass is 19.1. The number of carbonyl (C=O) groups is 2. The van der Waals surface area contributed by atoms with Crippen LogP contribution in [0.5, 0.6) is 0 Å². The summed E-state index contributed by atoms with van der Waals surface area (Å²) < 4.78 is 31.4. The molecule has 1 fully saturated rings. The molecule has 0 atom stereocenters. The van der Waals surface area contributed by atoms with E-state index in [1.54, 1.807) is 17.0 Å². The summed E-state index contributed by atoms with van der Waals surface area (Å²) in [6.45, 7) is 0.851. The summed E-state index contributed by atoms with van der Waals surface area (Å²) in [6, 6.07) is 6.12. The fourth-order valence-corrected chi connectivity index (χ4v) is 2.77. The van der Waals surface area contributed by atoms with Gasteiger partial charge in [-0.2, -0.15) is 0 Å². The van der Waals surface area contributed by atoms with E-state index >= 15 is 0 Å². The van der Waals surface area contributed by atoms with Crippen LogP contribution in [0.25, 0.3) is 0 Å². The van der Waals surface area contributed by atoms with Crippen molar-refractivity contribution >= 4 is 17.5 Å². The monoisotopic (exact) mass is 334 g/mol. The third-order valence-corrected chi connectivity index (χ3v) is 4.02. The van der Waals surface area contributed by atoms with Crippen LogP contribution in [-0.4, -0.2) is 29.8 Å². The van der Waals surface area contributed by atoms with Crippen molar-refractivity contribution in [3.63, 3.8) is 0 Å². The van der Waals surface area contributed by atoms with Gasteiger partial charge in [-0.15, -0.1) is 0 Å². The molecule has 5 nitrogen and oxygen atoms in total. The average Bonchev–Trinajstić information content (AvgIpc) is 3.07. The standard InChI is InChI=1S/C17H16F2N2O3/c18-12-8-13(19)10-14(9-12)20-16(22)11-3-5-21(6-4-11)17(23)15-2-1-7-24-15/h1-2,7-11H,3-6H2,(H,20,22). The van der Waals surface area contributed by atoms with Crippen LogP contribution in [0, 0.1) is 17.6 Å². The van der Waals surface area contributed by atoms with E-state index in [0.717, 1.165) is 18.2 Å². The van der Waals surface area contributed by atoms with Crippen LogP contribution in [0.2, 0.25) is 0 Å². The molecule has 0 radical (unpaired) electrons. The van der Waals surface area contributed by atoms with E-state index in [4.69, 9.17) is 4.42 Å². The molecule has 0 spiro atoms. The van der Waals surface area contributed by atoms with Crippen LogP contribution in [0.1, 0.15) is 23.4 Å². The lowest BCUT2D eigenvalue weighted by molar-refractivity contribution is -0.121. The van der Waals surface area contributed by atoms with Crippen molar-refractivity contribution in [1.82, 2.24) is 4.90 Å². The Bertz CT molecular complexity index is 718. The first-order valence-electron chi connectivity index (χ1n) is 7.62. The second-order valence-corrected chi connectivity index (χ2v) is 5.69. The van der Waals surface area contributed by atoms with Crippen LogP contribution in [-0.2, 0) is 4.79 Å². The number of benzene rings is 1. The number of halogens is 2. The second-order valence-electron chi connectivity index (χ2n) is 5.69. The number of anilines is 1. The van der Waals surface area contributed by atoms with E-state index in [9.17, 15) is 18.4 Å². The zero-order valence-electron chi connectivity index (χ0n) is 12.8. The van der Waals surface area contributed by atoms with Gasteiger partial charge in [0.05, 0.1) is 6.26 Å². The lowest BCUT2D eigenvalue weighted by atomic mass is 9.95. The first-order valence-corrected chi connectivity index (χ1v) is 7.62. The number of nitrogens with one attached hydrogen (secondary N) is 1. The Morgan fingerprint density at radius 3 is 2.38 bits per heavy atom. The SMILES string of the molecule is O=C(Nc1cc(F)cc(F)c1)C1CCN(C(=O)c2ccco2)CC1. The van der Waals surface area contributed by atoms with Crippen molar-refractivity contribution in [2.45, 2.75) is 12.8 Å². The molecule has 2 amide bonds. The molecule has 0 saturated carbocycles. The second kappa shape index (κ2) is 6.82. The fourth-order valence-electron chi connectivity index (χ4n) is 2.77. The van der Waals surface area contributed by atoms with Gasteiger partial charge in [-0.3, -0.25) is 9.59 Å². The van der Waals surface area contributed by atoms with E-state index < -0.39 is 11.6 Å². The number of piperidine rings is 1. The van der Waals surface area contributed by atoms with Gasteiger partial charge in [0.2, 0.25) is 5.91 Å². The van der Waals surface area contributed by atoms with Crippen molar-refractivity contribution in [2.24, 2.45) is 5.92 Å². The Hall–Kier alpha value is -2.70. The molecule has 126 valence electrons. The number of amides is 2. The number of furan rings is 1. The Kier molecular flexibility index (Phi) is 4.59. The van der Waals surface area contributed by atoms with E-state index in [2.05, 4.69) is 5.32 Å². The van der Waals surface area contributed by atoms with Crippen LogP contribution in [0.4, 0.5) is 14.5 Å². The first kappa shape index (κ1) is 16.2. The minimum absolute atomic E-state index is 0.0894. The molecule has 2 aromatic rings. The molecule has 0 unspecified atom stereocenters. The Balaban J connectivity index is 1.56. The third kappa shape index (κ3) is 3.61. The molecule has 2 heterocycles. The zero-order chi connectivity index (χ0) is 17.1. The molecule has 0 bridgehead atoms. The topological polar surface area (TPSA) is 62.6 Å². The zero-order valence-corrected chi connectivity index (χ0v) is 12.8. The highest BCUT2D eigenvalue weighted by Crippen LogP contribution is 2.22. The van der Waals surface area contributed by atoms with Gasteiger partial charge in [-0.05, 0) is 37.1 Å². The highest BCUT2D eigenvalue weighted by molar-refractivity contribution is 5.94. The van der Waals surface area contributed by atoms with Crippen molar-refractivity contribution < 1.29 is 22.8 Å². The van der Waals surface area contributed by atoms with E-state index in [1.807, 2.05) is 0 Å². The molecule has 24 heavy (non-hydrogen) atoms. The predicted molar refractivity (Wildman–Crippen MR) is 82.3 cm³/mol. The highest BCUT2D eigenvalue weighted by Gasteiger charge is 2.28. The molecular formula is C17H16F2N2O3.